The summed E-state index contributed by atoms with van der Waals surface area (Å²) in [6.07, 6.45) is 6.77. The number of hydrogen-bond acceptors (Lipinski definition) is 1. The van der Waals surface area contributed by atoms with Crippen LogP contribution in [0, 0.1) is 5.41 Å². The van der Waals surface area contributed by atoms with Crippen molar-refractivity contribution in [3.8, 4) is 0 Å². The van der Waals surface area contributed by atoms with Crippen LogP contribution in [0.15, 0.2) is 0 Å². The van der Waals surface area contributed by atoms with Gasteiger partial charge >= 0.3 is 0 Å². The molecule has 0 aromatic rings. The molecule has 0 aromatic heterocycles. The topological polar surface area (TPSA) is 12.0 Å². The maximum atomic E-state index is 3.56. The summed E-state index contributed by atoms with van der Waals surface area (Å²) < 4.78 is 0. The predicted molar refractivity (Wildman–Crippen MR) is 65.7 cm³/mol. The van der Waals surface area contributed by atoms with Crippen molar-refractivity contribution in [2.75, 3.05) is 6.54 Å². The monoisotopic (exact) mass is 199 g/mol. The van der Waals surface area contributed by atoms with Crippen LogP contribution < -0.4 is 5.32 Å². The molecule has 0 aromatic carbocycles. The zero-order valence-electron chi connectivity index (χ0n) is 10.8. The number of nitrogens with one attached hydrogen (secondary N) is 1. The van der Waals surface area contributed by atoms with Crippen molar-refractivity contribution in [1.82, 2.24) is 5.32 Å². The zero-order valence-corrected chi connectivity index (χ0v) is 10.8. The van der Waals surface area contributed by atoms with Gasteiger partial charge in [-0.15, -0.1) is 0 Å². The van der Waals surface area contributed by atoms with Gasteiger partial charge in [-0.1, -0.05) is 53.9 Å². The summed E-state index contributed by atoms with van der Waals surface area (Å²) in [5.74, 6) is 0. The quantitative estimate of drug-likeness (QED) is 0.583. The van der Waals surface area contributed by atoms with E-state index in [-0.39, 0.29) is 0 Å². The van der Waals surface area contributed by atoms with Crippen LogP contribution in [0.4, 0.5) is 0 Å². The van der Waals surface area contributed by atoms with Gasteiger partial charge in [0.1, 0.15) is 0 Å². The van der Waals surface area contributed by atoms with Gasteiger partial charge in [0.2, 0.25) is 0 Å². The van der Waals surface area contributed by atoms with Gasteiger partial charge in [-0.2, -0.15) is 0 Å². The van der Waals surface area contributed by atoms with E-state index in [0.717, 1.165) is 0 Å². The lowest BCUT2D eigenvalue weighted by atomic mass is 9.82. The Kier molecular flexibility index (Phi) is 7.26. The van der Waals surface area contributed by atoms with Gasteiger partial charge in [0.15, 0.2) is 0 Å². The normalized spacial score (nSPS) is 15.9. The fourth-order valence-electron chi connectivity index (χ4n) is 1.64. The minimum atomic E-state index is 0.513. The lowest BCUT2D eigenvalue weighted by Gasteiger charge is -2.29. The van der Waals surface area contributed by atoms with Crippen LogP contribution in [0.3, 0.4) is 0 Å². The van der Waals surface area contributed by atoms with Crippen LogP contribution in [0.2, 0.25) is 0 Å². The second-order valence-corrected chi connectivity index (χ2v) is 5.16. The third kappa shape index (κ3) is 6.42. The molecule has 0 bridgehead atoms. The molecular formula is C13H29N. The molecular weight excluding hydrogens is 170 g/mol. The molecule has 0 aliphatic heterocycles. The van der Waals surface area contributed by atoms with Crippen LogP contribution in [0.1, 0.15) is 66.7 Å². The first-order chi connectivity index (χ1) is 6.54. The largest absolute Gasteiger partial charge is 0.314 e. The lowest BCUT2D eigenvalue weighted by Crippen LogP contribution is -2.35. The van der Waals surface area contributed by atoms with E-state index in [2.05, 4.69) is 39.9 Å². The fraction of sp³-hybridized carbons (Fsp3) is 1.00. The van der Waals surface area contributed by atoms with Gasteiger partial charge in [-0.05, 0) is 18.3 Å². The molecule has 0 spiro atoms. The highest BCUT2D eigenvalue weighted by molar-refractivity contribution is 4.76. The van der Waals surface area contributed by atoms with E-state index in [9.17, 15) is 0 Å². The molecule has 0 fully saturated rings. The van der Waals surface area contributed by atoms with E-state index in [1.165, 1.54) is 38.6 Å². The van der Waals surface area contributed by atoms with E-state index in [1.807, 2.05) is 0 Å². The van der Waals surface area contributed by atoms with Gasteiger partial charge in [0.25, 0.3) is 0 Å². The number of hydrogen-bond donors (Lipinski definition) is 1. The third-order valence-corrected chi connectivity index (χ3v) is 3.17. The maximum Gasteiger partial charge on any atom is 0.00106 e. The molecule has 0 aliphatic rings. The van der Waals surface area contributed by atoms with E-state index in [1.54, 1.807) is 0 Å². The van der Waals surface area contributed by atoms with Crippen LogP contribution in [-0.2, 0) is 0 Å². The molecule has 0 heterocycles. The van der Waals surface area contributed by atoms with Crippen molar-refractivity contribution in [1.29, 1.82) is 0 Å². The molecule has 86 valence electrons. The average molecular weight is 199 g/mol. The molecule has 0 saturated heterocycles. The Morgan fingerprint density at radius 2 is 1.79 bits per heavy atom. The first kappa shape index (κ1) is 14.0. The second-order valence-electron chi connectivity index (χ2n) is 5.16. The van der Waals surface area contributed by atoms with Crippen LogP contribution in [-0.4, -0.2) is 12.6 Å². The van der Waals surface area contributed by atoms with E-state index >= 15 is 0 Å². The molecule has 0 saturated carbocycles. The minimum Gasteiger partial charge on any atom is -0.314 e. The van der Waals surface area contributed by atoms with Crippen molar-refractivity contribution >= 4 is 0 Å². The van der Waals surface area contributed by atoms with Crippen LogP contribution in [0.25, 0.3) is 0 Å². The van der Waals surface area contributed by atoms with Crippen LogP contribution >= 0.6 is 0 Å². The first-order valence-corrected chi connectivity index (χ1v) is 6.27. The summed E-state index contributed by atoms with van der Waals surface area (Å²) in [6, 6.07) is 0.618. The summed E-state index contributed by atoms with van der Waals surface area (Å²) in [7, 11) is 0. The Bertz CT molecular complexity index is 131. The third-order valence-electron chi connectivity index (χ3n) is 3.17. The first-order valence-electron chi connectivity index (χ1n) is 6.27. The molecule has 1 nitrogen and oxygen atoms in total. The molecule has 1 unspecified atom stereocenters. The summed E-state index contributed by atoms with van der Waals surface area (Å²) >= 11 is 0. The van der Waals surface area contributed by atoms with E-state index in [4.69, 9.17) is 0 Å². The zero-order chi connectivity index (χ0) is 11.0. The maximum absolute atomic E-state index is 3.56. The molecule has 0 aliphatic carbocycles. The molecule has 0 amide bonds. The van der Waals surface area contributed by atoms with E-state index in [0.29, 0.717) is 11.5 Å². The van der Waals surface area contributed by atoms with Gasteiger partial charge in [0, 0.05) is 12.6 Å². The standard InChI is InChI=1S/C13H29N/c1-6-8-9-10-13(5,7-2)11-14-12(3)4/h12,14H,6-11H2,1-5H3. The Balaban J connectivity index is 3.79. The Hall–Kier alpha value is -0.0400. The summed E-state index contributed by atoms with van der Waals surface area (Å²) in [6.45, 7) is 12.6. The van der Waals surface area contributed by atoms with Crippen molar-refractivity contribution in [2.45, 2.75) is 72.8 Å². The van der Waals surface area contributed by atoms with Gasteiger partial charge in [-0.25, -0.2) is 0 Å². The Morgan fingerprint density at radius 1 is 1.14 bits per heavy atom. The van der Waals surface area contributed by atoms with Crippen LogP contribution in [0.5, 0.6) is 0 Å². The smallest absolute Gasteiger partial charge is 0.00106 e. The van der Waals surface area contributed by atoms with Gasteiger partial charge in [0.05, 0.1) is 0 Å². The summed E-state index contributed by atoms with van der Waals surface area (Å²) in [5, 5.41) is 3.56. The summed E-state index contributed by atoms with van der Waals surface area (Å²) in [5.41, 5.74) is 0.513. The van der Waals surface area contributed by atoms with Gasteiger partial charge < -0.3 is 5.32 Å². The van der Waals surface area contributed by atoms with Crippen molar-refractivity contribution < 1.29 is 0 Å². The highest BCUT2D eigenvalue weighted by Crippen LogP contribution is 2.27. The molecule has 1 heteroatoms. The molecule has 0 rings (SSSR count). The molecule has 0 radical (unpaired) electrons. The van der Waals surface area contributed by atoms with E-state index < -0.39 is 0 Å². The predicted octanol–water partition coefficient (Wildman–Crippen LogP) is 3.98. The summed E-state index contributed by atoms with van der Waals surface area (Å²) in [4.78, 5) is 0. The Morgan fingerprint density at radius 3 is 2.21 bits per heavy atom. The average Bonchev–Trinajstić information content (AvgIpc) is 2.15. The number of unbranched alkanes of at least 4 members (excludes halogenated alkanes) is 2. The second kappa shape index (κ2) is 7.28. The molecule has 1 atom stereocenters. The lowest BCUT2D eigenvalue weighted by molar-refractivity contribution is 0.253. The SMILES string of the molecule is CCCCCC(C)(CC)CNC(C)C. The van der Waals surface area contributed by atoms with Crippen molar-refractivity contribution in [2.24, 2.45) is 5.41 Å². The Labute approximate surface area is 90.7 Å². The number of rotatable bonds is 8. The minimum absolute atomic E-state index is 0.513. The highest BCUT2D eigenvalue weighted by Gasteiger charge is 2.21. The van der Waals surface area contributed by atoms with Gasteiger partial charge in [-0.3, -0.25) is 0 Å². The molecule has 1 N–H and O–H groups in total. The highest BCUT2D eigenvalue weighted by atomic mass is 14.9. The van der Waals surface area contributed by atoms with Crippen molar-refractivity contribution in [3.05, 3.63) is 0 Å². The fourth-order valence-corrected chi connectivity index (χ4v) is 1.64. The van der Waals surface area contributed by atoms with Crippen molar-refractivity contribution in [3.63, 3.8) is 0 Å². The molecule has 14 heavy (non-hydrogen) atoms.